The van der Waals surface area contributed by atoms with Gasteiger partial charge in [-0.1, -0.05) is 19.1 Å². The lowest BCUT2D eigenvalue weighted by molar-refractivity contribution is -0.139. The summed E-state index contributed by atoms with van der Waals surface area (Å²) in [7, 11) is 0. The molecule has 192 valence electrons. The van der Waals surface area contributed by atoms with Crippen LogP contribution in [0.25, 0.3) is 16.6 Å². The first-order valence-electron chi connectivity index (χ1n) is 13.6. The minimum absolute atomic E-state index is 0.0457. The Morgan fingerprint density at radius 1 is 0.946 bits per heavy atom. The standard InChI is InChI=1S/C29H35N7O/c1-2-32-9-11-33(12-10-32)26-5-3-23(4-6-26)25-19-28-27(7-8-31-36(28)21-25)34-13-15-35(16-14-34)29(37)24-17-22(18-24)20-30/h3-8,19,21-22,24H,2,9-18H2,1H3. The smallest absolute Gasteiger partial charge is 0.225 e. The third kappa shape index (κ3) is 4.64. The number of carbonyl (C=O) groups excluding carboxylic acids is 1. The Bertz CT molecular complexity index is 1290. The van der Waals surface area contributed by atoms with E-state index in [-0.39, 0.29) is 17.7 Å². The van der Waals surface area contributed by atoms with Crippen molar-refractivity contribution in [2.24, 2.45) is 11.8 Å². The maximum absolute atomic E-state index is 12.8. The quantitative estimate of drug-likeness (QED) is 0.539. The molecule has 3 fully saturated rings. The number of fused-ring (bicyclic) bond motifs is 1. The molecule has 0 bridgehead atoms. The third-order valence-electron chi connectivity index (χ3n) is 8.47. The van der Waals surface area contributed by atoms with E-state index in [1.54, 1.807) is 0 Å². The molecule has 0 spiro atoms. The molecule has 0 radical (unpaired) electrons. The summed E-state index contributed by atoms with van der Waals surface area (Å²) in [6.45, 7) is 10.8. The summed E-state index contributed by atoms with van der Waals surface area (Å²) in [6.07, 6.45) is 5.42. The molecule has 3 aromatic rings. The van der Waals surface area contributed by atoms with Crippen LogP contribution in [0.5, 0.6) is 0 Å². The van der Waals surface area contributed by atoms with Crippen molar-refractivity contribution in [2.75, 3.05) is 68.7 Å². The SMILES string of the molecule is CCN1CCN(c2ccc(-c3cc4c(N5CCN(C(=O)C6CC(C#N)C6)CC5)ccnn4c3)cc2)CC1. The Labute approximate surface area is 218 Å². The summed E-state index contributed by atoms with van der Waals surface area (Å²) >= 11 is 0. The van der Waals surface area contributed by atoms with Gasteiger partial charge in [-0.15, -0.1) is 0 Å². The van der Waals surface area contributed by atoms with Crippen LogP contribution < -0.4 is 9.80 Å². The number of rotatable bonds is 5. The molecule has 0 atom stereocenters. The van der Waals surface area contributed by atoms with Crippen LogP contribution >= 0.6 is 0 Å². The number of amides is 1. The lowest BCUT2D eigenvalue weighted by Crippen LogP contribution is -2.52. The van der Waals surface area contributed by atoms with E-state index in [9.17, 15) is 4.79 Å². The third-order valence-corrected chi connectivity index (χ3v) is 8.47. The van der Waals surface area contributed by atoms with Gasteiger partial charge in [0.1, 0.15) is 0 Å². The Morgan fingerprint density at radius 3 is 2.32 bits per heavy atom. The second kappa shape index (κ2) is 10.1. The summed E-state index contributed by atoms with van der Waals surface area (Å²) in [5.41, 5.74) is 5.89. The first kappa shape index (κ1) is 23.8. The van der Waals surface area contributed by atoms with Crippen LogP contribution in [0.1, 0.15) is 19.8 Å². The molecule has 1 aliphatic carbocycles. The highest BCUT2D eigenvalue weighted by atomic mass is 16.2. The number of anilines is 2. The number of benzene rings is 1. The van der Waals surface area contributed by atoms with Crippen LogP contribution in [0.3, 0.4) is 0 Å². The van der Waals surface area contributed by atoms with Crippen molar-refractivity contribution < 1.29 is 4.79 Å². The molecule has 8 heteroatoms. The van der Waals surface area contributed by atoms with Crippen LogP contribution in [0, 0.1) is 23.2 Å². The van der Waals surface area contributed by atoms with Gasteiger partial charge in [0.25, 0.3) is 0 Å². The first-order valence-corrected chi connectivity index (χ1v) is 13.6. The highest BCUT2D eigenvalue weighted by molar-refractivity contribution is 5.82. The zero-order valence-electron chi connectivity index (χ0n) is 21.6. The molecular formula is C29H35N7O. The molecule has 6 rings (SSSR count). The summed E-state index contributed by atoms with van der Waals surface area (Å²) in [4.78, 5) is 22.1. The van der Waals surface area contributed by atoms with Crippen molar-refractivity contribution >= 4 is 22.8 Å². The molecule has 2 aliphatic heterocycles. The van der Waals surface area contributed by atoms with E-state index in [4.69, 9.17) is 5.26 Å². The van der Waals surface area contributed by atoms with Crippen molar-refractivity contribution in [1.29, 1.82) is 5.26 Å². The molecule has 0 unspecified atom stereocenters. The number of carbonyl (C=O) groups is 1. The van der Waals surface area contributed by atoms with Crippen molar-refractivity contribution in [3.05, 3.63) is 48.8 Å². The number of hydrogen-bond acceptors (Lipinski definition) is 6. The Kier molecular flexibility index (Phi) is 6.47. The number of aromatic nitrogens is 2. The molecule has 1 saturated carbocycles. The van der Waals surface area contributed by atoms with Gasteiger partial charge >= 0.3 is 0 Å². The molecule has 8 nitrogen and oxygen atoms in total. The lowest BCUT2D eigenvalue weighted by Gasteiger charge is -2.40. The highest BCUT2D eigenvalue weighted by Crippen LogP contribution is 2.35. The molecule has 0 N–H and O–H groups in total. The second-order valence-electron chi connectivity index (χ2n) is 10.5. The van der Waals surface area contributed by atoms with E-state index in [0.717, 1.165) is 88.5 Å². The van der Waals surface area contributed by atoms with Gasteiger partial charge in [-0.2, -0.15) is 10.4 Å². The van der Waals surface area contributed by atoms with E-state index in [0.29, 0.717) is 0 Å². The molecule has 2 aromatic heterocycles. The second-order valence-corrected chi connectivity index (χ2v) is 10.5. The largest absolute Gasteiger partial charge is 0.369 e. The fourth-order valence-electron chi connectivity index (χ4n) is 5.96. The average molecular weight is 498 g/mol. The van der Waals surface area contributed by atoms with Gasteiger partial charge in [0.05, 0.1) is 17.3 Å². The van der Waals surface area contributed by atoms with E-state index in [1.807, 2.05) is 15.6 Å². The normalized spacial score (nSPS) is 22.6. The van der Waals surface area contributed by atoms with E-state index >= 15 is 0 Å². The van der Waals surface area contributed by atoms with Gasteiger partial charge in [0.15, 0.2) is 0 Å². The molecular weight excluding hydrogens is 462 g/mol. The summed E-state index contributed by atoms with van der Waals surface area (Å²) in [6, 6.07) is 15.5. The van der Waals surface area contributed by atoms with Crippen molar-refractivity contribution in [3.63, 3.8) is 0 Å². The van der Waals surface area contributed by atoms with Crippen LogP contribution in [0.15, 0.2) is 48.8 Å². The van der Waals surface area contributed by atoms with Crippen LogP contribution in [-0.4, -0.2) is 84.2 Å². The van der Waals surface area contributed by atoms with Crippen LogP contribution in [0.4, 0.5) is 11.4 Å². The number of piperazine rings is 2. The molecule has 1 amide bonds. The van der Waals surface area contributed by atoms with Gasteiger partial charge in [0.2, 0.25) is 5.91 Å². The van der Waals surface area contributed by atoms with E-state index < -0.39 is 0 Å². The predicted molar refractivity (Wildman–Crippen MR) is 146 cm³/mol. The number of nitriles is 1. The van der Waals surface area contributed by atoms with Gasteiger partial charge in [-0.05, 0) is 49.2 Å². The monoisotopic (exact) mass is 497 g/mol. The van der Waals surface area contributed by atoms with Crippen molar-refractivity contribution in [1.82, 2.24) is 19.4 Å². The molecule has 1 aromatic carbocycles. The minimum Gasteiger partial charge on any atom is -0.369 e. The number of likely N-dealkylation sites (N-methyl/N-ethyl adjacent to an activating group) is 1. The van der Waals surface area contributed by atoms with Crippen molar-refractivity contribution in [3.8, 4) is 17.2 Å². The summed E-state index contributed by atoms with van der Waals surface area (Å²) in [5, 5.41) is 13.6. The predicted octanol–water partition coefficient (Wildman–Crippen LogP) is 3.34. The molecule has 2 saturated heterocycles. The maximum atomic E-state index is 12.8. The zero-order chi connectivity index (χ0) is 25.4. The first-order chi connectivity index (χ1) is 18.1. The van der Waals surface area contributed by atoms with Gasteiger partial charge < -0.3 is 19.6 Å². The highest BCUT2D eigenvalue weighted by Gasteiger charge is 2.37. The van der Waals surface area contributed by atoms with E-state index in [1.165, 1.54) is 11.3 Å². The van der Waals surface area contributed by atoms with E-state index in [2.05, 4.69) is 75.4 Å². The number of hydrogen-bond donors (Lipinski definition) is 0. The fraction of sp³-hybridized carbons (Fsp3) is 0.483. The topological polar surface area (TPSA) is 71.1 Å². The Morgan fingerprint density at radius 2 is 1.65 bits per heavy atom. The Hall–Kier alpha value is -3.57. The van der Waals surface area contributed by atoms with Crippen LogP contribution in [0.2, 0.25) is 0 Å². The molecule has 4 heterocycles. The molecule has 37 heavy (non-hydrogen) atoms. The Balaban J connectivity index is 1.13. The summed E-state index contributed by atoms with van der Waals surface area (Å²) in [5.74, 6) is 0.340. The maximum Gasteiger partial charge on any atom is 0.225 e. The van der Waals surface area contributed by atoms with Crippen LogP contribution in [-0.2, 0) is 4.79 Å². The summed E-state index contributed by atoms with van der Waals surface area (Å²) < 4.78 is 1.97. The molecule has 3 aliphatic rings. The van der Waals surface area contributed by atoms with Gasteiger partial charge in [-0.3, -0.25) is 4.79 Å². The number of nitrogens with zero attached hydrogens (tertiary/aromatic N) is 7. The van der Waals surface area contributed by atoms with Gasteiger partial charge in [-0.25, -0.2) is 4.52 Å². The van der Waals surface area contributed by atoms with Gasteiger partial charge in [0, 0.05) is 87.8 Å². The average Bonchev–Trinajstić information content (AvgIpc) is 3.37. The fourth-order valence-corrected chi connectivity index (χ4v) is 5.96. The zero-order valence-corrected chi connectivity index (χ0v) is 21.6. The minimum atomic E-state index is 0.0457. The van der Waals surface area contributed by atoms with Crippen molar-refractivity contribution in [2.45, 2.75) is 19.8 Å². The lowest BCUT2D eigenvalue weighted by atomic mass is 9.75.